The van der Waals surface area contributed by atoms with Crippen molar-refractivity contribution in [3.05, 3.63) is 0 Å². The zero-order valence-corrected chi connectivity index (χ0v) is 12.0. The molecule has 1 unspecified atom stereocenters. The van der Waals surface area contributed by atoms with E-state index in [9.17, 15) is 13.2 Å². The van der Waals surface area contributed by atoms with Gasteiger partial charge in [0.25, 0.3) is 0 Å². The lowest BCUT2D eigenvalue weighted by molar-refractivity contribution is -0.133. The quantitative estimate of drug-likeness (QED) is 0.717. The molecule has 0 saturated carbocycles. The van der Waals surface area contributed by atoms with E-state index in [1.54, 1.807) is 4.90 Å². The summed E-state index contributed by atoms with van der Waals surface area (Å²) in [4.78, 5) is 13.7. The van der Waals surface area contributed by atoms with E-state index in [4.69, 9.17) is 4.74 Å². The average Bonchev–Trinajstić information content (AvgIpc) is 2.33. The summed E-state index contributed by atoms with van der Waals surface area (Å²) in [6, 6.07) is 0. The van der Waals surface area contributed by atoms with Gasteiger partial charge >= 0.3 is 0 Å². The molecule has 1 rings (SSSR count). The van der Waals surface area contributed by atoms with Crippen molar-refractivity contribution in [3.63, 3.8) is 0 Å². The molecule has 106 valence electrons. The zero-order chi connectivity index (χ0) is 13.6. The van der Waals surface area contributed by atoms with E-state index in [1.165, 1.54) is 0 Å². The molecule has 1 aliphatic heterocycles. The van der Waals surface area contributed by atoms with Gasteiger partial charge in [0, 0.05) is 32.4 Å². The minimum absolute atomic E-state index is 0.0541. The highest BCUT2D eigenvalue weighted by atomic mass is 32.2. The molecule has 5 nitrogen and oxygen atoms in total. The van der Waals surface area contributed by atoms with E-state index in [2.05, 4.69) is 0 Å². The van der Waals surface area contributed by atoms with Crippen molar-refractivity contribution < 1.29 is 17.9 Å². The summed E-state index contributed by atoms with van der Waals surface area (Å²) >= 11 is 0. The van der Waals surface area contributed by atoms with E-state index < -0.39 is 9.84 Å². The highest BCUT2D eigenvalue weighted by Gasteiger charge is 2.24. The monoisotopic (exact) mass is 277 g/mol. The summed E-state index contributed by atoms with van der Waals surface area (Å²) in [5.74, 6) is 0.279. The third-order valence-electron chi connectivity index (χ3n) is 3.12. The van der Waals surface area contributed by atoms with Gasteiger partial charge in [0.1, 0.15) is 9.84 Å². The molecule has 1 saturated heterocycles. The van der Waals surface area contributed by atoms with Crippen LogP contribution >= 0.6 is 0 Å². The van der Waals surface area contributed by atoms with Gasteiger partial charge in [-0.15, -0.1) is 0 Å². The third kappa shape index (κ3) is 5.82. The number of amides is 1. The number of hydrogen-bond donors (Lipinski definition) is 0. The second kappa shape index (κ2) is 7.09. The van der Waals surface area contributed by atoms with Crippen molar-refractivity contribution in [2.24, 2.45) is 5.92 Å². The molecule has 18 heavy (non-hydrogen) atoms. The molecule has 0 aromatic heterocycles. The second-order valence-corrected chi connectivity index (χ2v) is 7.15. The number of carbonyl (C=O) groups excluding carboxylic acids is 1. The highest BCUT2D eigenvalue weighted by Crippen LogP contribution is 2.17. The van der Waals surface area contributed by atoms with E-state index in [0.717, 1.165) is 25.6 Å². The Morgan fingerprint density at radius 1 is 1.44 bits per heavy atom. The Hall–Kier alpha value is -0.620. The van der Waals surface area contributed by atoms with Crippen LogP contribution < -0.4 is 0 Å². The fourth-order valence-electron chi connectivity index (χ4n) is 2.14. The van der Waals surface area contributed by atoms with Crippen molar-refractivity contribution in [2.75, 3.05) is 38.3 Å². The fourth-order valence-corrected chi connectivity index (χ4v) is 2.69. The maximum Gasteiger partial charge on any atom is 0.223 e. The first-order valence-corrected chi connectivity index (χ1v) is 8.51. The summed E-state index contributed by atoms with van der Waals surface area (Å²) in [6.45, 7) is 4.77. The van der Waals surface area contributed by atoms with Crippen LogP contribution in [0.2, 0.25) is 0 Å². The van der Waals surface area contributed by atoms with Crippen molar-refractivity contribution in [2.45, 2.75) is 26.2 Å². The van der Waals surface area contributed by atoms with Gasteiger partial charge in [0.2, 0.25) is 5.91 Å². The molecule has 0 spiro atoms. The van der Waals surface area contributed by atoms with Gasteiger partial charge in [-0.25, -0.2) is 8.42 Å². The van der Waals surface area contributed by atoms with E-state index in [0.29, 0.717) is 25.7 Å². The Kier molecular flexibility index (Phi) is 6.08. The first kappa shape index (κ1) is 15.4. The van der Waals surface area contributed by atoms with Gasteiger partial charge in [-0.3, -0.25) is 4.79 Å². The molecule has 6 heteroatoms. The lowest BCUT2D eigenvalue weighted by atomic mass is 9.99. The topological polar surface area (TPSA) is 63.7 Å². The van der Waals surface area contributed by atoms with Gasteiger partial charge in [0.15, 0.2) is 0 Å². The smallest absolute Gasteiger partial charge is 0.223 e. The van der Waals surface area contributed by atoms with Crippen molar-refractivity contribution in [1.82, 2.24) is 4.90 Å². The molecule has 0 aromatic carbocycles. The van der Waals surface area contributed by atoms with Gasteiger partial charge in [0.05, 0.1) is 12.4 Å². The number of sulfone groups is 1. The van der Waals surface area contributed by atoms with E-state index in [-0.39, 0.29) is 18.1 Å². The SMILES string of the molecule is CCOCC1CCCN(C(=O)CCS(C)(=O)=O)C1. The molecular weight excluding hydrogens is 254 g/mol. The molecule has 1 atom stereocenters. The predicted molar refractivity (Wildman–Crippen MR) is 70.1 cm³/mol. The van der Waals surface area contributed by atoms with Crippen molar-refractivity contribution in [3.8, 4) is 0 Å². The fraction of sp³-hybridized carbons (Fsp3) is 0.917. The Balaban J connectivity index is 2.38. The summed E-state index contributed by atoms with van der Waals surface area (Å²) in [5, 5.41) is 0. The Bertz CT molecular complexity index is 366. The Morgan fingerprint density at radius 3 is 2.78 bits per heavy atom. The van der Waals surface area contributed by atoms with Crippen molar-refractivity contribution >= 4 is 15.7 Å². The maximum atomic E-state index is 11.9. The number of hydrogen-bond acceptors (Lipinski definition) is 4. The molecule has 0 aliphatic carbocycles. The molecule has 0 aromatic rings. The van der Waals surface area contributed by atoms with Crippen LogP contribution in [-0.2, 0) is 19.4 Å². The maximum absolute atomic E-state index is 11.9. The summed E-state index contributed by atoms with van der Waals surface area (Å²) in [6.07, 6.45) is 3.31. The van der Waals surface area contributed by atoms with Crippen molar-refractivity contribution in [1.29, 1.82) is 0 Å². The minimum atomic E-state index is -3.06. The number of likely N-dealkylation sites (tertiary alicyclic amines) is 1. The molecule has 0 radical (unpaired) electrons. The molecule has 1 fully saturated rings. The largest absolute Gasteiger partial charge is 0.381 e. The Morgan fingerprint density at radius 2 is 2.17 bits per heavy atom. The average molecular weight is 277 g/mol. The molecule has 1 amide bonds. The van der Waals surface area contributed by atoms with E-state index in [1.807, 2.05) is 6.92 Å². The highest BCUT2D eigenvalue weighted by molar-refractivity contribution is 7.90. The molecule has 1 aliphatic rings. The minimum Gasteiger partial charge on any atom is -0.381 e. The van der Waals surface area contributed by atoms with Gasteiger partial charge < -0.3 is 9.64 Å². The lowest BCUT2D eigenvalue weighted by Crippen LogP contribution is -2.41. The Labute approximate surface area is 109 Å². The summed E-state index contributed by atoms with van der Waals surface area (Å²) < 4.78 is 27.4. The van der Waals surface area contributed by atoms with Crippen LogP contribution in [0, 0.1) is 5.92 Å². The molecule has 0 bridgehead atoms. The number of carbonyl (C=O) groups is 1. The van der Waals surface area contributed by atoms with Crippen LogP contribution in [0.4, 0.5) is 0 Å². The van der Waals surface area contributed by atoms with Gasteiger partial charge in [-0.2, -0.15) is 0 Å². The first-order valence-electron chi connectivity index (χ1n) is 6.45. The number of piperidine rings is 1. The molecule has 0 N–H and O–H groups in total. The predicted octanol–water partition coefficient (Wildman–Crippen LogP) is 0.696. The lowest BCUT2D eigenvalue weighted by Gasteiger charge is -2.32. The molecule has 1 heterocycles. The third-order valence-corrected chi connectivity index (χ3v) is 4.06. The summed E-state index contributed by atoms with van der Waals surface area (Å²) in [5.41, 5.74) is 0. The van der Waals surface area contributed by atoms with E-state index >= 15 is 0 Å². The molecular formula is C12H23NO4S. The standard InChI is InChI=1S/C12H23NO4S/c1-3-17-10-11-5-4-7-13(9-11)12(14)6-8-18(2,15)16/h11H,3-10H2,1-2H3. The number of rotatable bonds is 6. The number of nitrogens with zero attached hydrogens (tertiary/aromatic N) is 1. The van der Waals surface area contributed by atoms with Gasteiger partial charge in [-0.1, -0.05) is 0 Å². The van der Waals surface area contributed by atoms with Crippen LogP contribution in [0.1, 0.15) is 26.2 Å². The zero-order valence-electron chi connectivity index (χ0n) is 11.2. The summed E-state index contributed by atoms with van der Waals surface area (Å²) in [7, 11) is -3.06. The first-order chi connectivity index (χ1) is 8.42. The van der Waals surface area contributed by atoms with Gasteiger partial charge in [-0.05, 0) is 25.7 Å². The second-order valence-electron chi connectivity index (χ2n) is 4.89. The number of ether oxygens (including phenoxy) is 1. The van der Waals surface area contributed by atoms with Crippen LogP contribution in [0.15, 0.2) is 0 Å². The normalized spacial score (nSPS) is 21.0. The van der Waals surface area contributed by atoms with Crippen LogP contribution in [0.25, 0.3) is 0 Å². The van der Waals surface area contributed by atoms with Crippen LogP contribution in [0.5, 0.6) is 0 Å². The van der Waals surface area contributed by atoms with Crippen LogP contribution in [-0.4, -0.2) is 57.5 Å². The van der Waals surface area contributed by atoms with Crippen LogP contribution in [0.3, 0.4) is 0 Å².